The number of carbonyl (C=O) groups excluding carboxylic acids is 1. The summed E-state index contributed by atoms with van der Waals surface area (Å²) in [6.45, 7) is 1.92. The molecule has 1 aromatic carbocycles. The molecule has 120 valence electrons. The van der Waals surface area contributed by atoms with Crippen molar-refractivity contribution in [1.29, 1.82) is 0 Å². The van der Waals surface area contributed by atoms with Crippen LogP contribution in [0.2, 0.25) is 0 Å². The van der Waals surface area contributed by atoms with Crippen LogP contribution >= 0.6 is 0 Å². The molecule has 1 atom stereocenters. The first kappa shape index (κ1) is 15.5. The monoisotopic (exact) mass is 311 g/mol. The Morgan fingerprint density at radius 2 is 2.13 bits per heavy atom. The molecule has 1 amide bonds. The van der Waals surface area contributed by atoms with Gasteiger partial charge in [-0.2, -0.15) is 0 Å². The zero-order valence-corrected chi connectivity index (χ0v) is 13.0. The van der Waals surface area contributed by atoms with Gasteiger partial charge < -0.3 is 15.4 Å². The summed E-state index contributed by atoms with van der Waals surface area (Å²) < 4.78 is 5.69. The summed E-state index contributed by atoms with van der Waals surface area (Å²) in [7, 11) is 0. The highest BCUT2D eigenvalue weighted by Gasteiger charge is 2.21. The van der Waals surface area contributed by atoms with E-state index in [1.165, 1.54) is 0 Å². The molecule has 5 nitrogen and oxygen atoms in total. The molecule has 1 aromatic heterocycles. The number of benzene rings is 1. The molecule has 3 rings (SSSR count). The summed E-state index contributed by atoms with van der Waals surface area (Å²) >= 11 is 0. The van der Waals surface area contributed by atoms with Crippen LogP contribution in [0.15, 0.2) is 48.7 Å². The van der Waals surface area contributed by atoms with E-state index in [1.54, 1.807) is 6.20 Å². The lowest BCUT2D eigenvalue weighted by atomic mass is 10.2. The fraction of sp³-hybridized carbons (Fsp3) is 0.333. The lowest BCUT2D eigenvalue weighted by Crippen LogP contribution is -2.39. The lowest BCUT2D eigenvalue weighted by Gasteiger charge is -2.11. The average molecular weight is 311 g/mol. The third-order valence-electron chi connectivity index (χ3n) is 3.88. The van der Waals surface area contributed by atoms with Gasteiger partial charge >= 0.3 is 0 Å². The van der Waals surface area contributed by atoms with Crippen molar-refractivity contribution in [3.8, 4) is 5.75 Å². The number of nitrogens with zero attached hydrogens (tertiary/aromatic N) is 1. The zero-order valence-electron chi connectivity index (χ0n) is 13.0. The van der Waals surface area contributed by atoms with E-state index in [9.17, 15) is 4.79 Å². The van der Waals surface area contributed by atoms with Crippen LogP contribution in [0.5, 0.6) is 5.75 Å². The maximum atomic E-state index is 11.9. The van der Waals surface area contributed by atoms with Crippen molar-refractivity contribution < 1.29 is 9.53 Å². The van der Waals surface area contributed by atoms with Crippen LogP contribution in [-0.2, 0) is 17.9 Å². The molecule has 1 fully saturated rings. The van der Waals surface area contributed by atoms with Crippen LogP contribution in [0, 0.1) is 0 Å². The zero-order chi connectivity index (χ0) is 15.9. The summed E-state index contributed by atoms with van der Waals surface area (Å²) in [4.78, 5) is 16.2. The van der Waals surface area contributed by atoms with Crippen molar-refractivity contribution in [2.24, 2.45) is 0 Å². The normalized spacial score (nSPS) is 17.0. The predicted octanol–water partition coefficient (Wildman–Crippen LogP) is 2.03. The number of aromatic nitrogens is 1. The summed E-state index contributed by atoms with van der Waals surface area (Å²) in [6, 6.07) is 13.5. The number of carbonyl (C=O) groups is 1. The average Bonchev–Trinajstić information content (AvgIpc) is 3.14. The van der Waals surface area contributed by atoms with Gasteiger partial charge in [-0.1, -0.05) is 18.2 Å². The van der Waals surface area contributed by atoms with Gasteiger partial charge in [0.15, 0.2) is 0 Å². The van der Waals surface area contributed by atoms with E-state index in [0.29, 0.717) is 13.2 Å². The topological polar surface area (TPSA) is 63.2 Å². The number of pyridine rings is 1. The van der Waals surface area contributed by atoms with Crippen molar-refractivity contribution >= 4 is 5.91 Å². The van der Waals surface area contributed by atoms with Crippen LogP contribution in [-0.4, -0.2) is 23.5 Å². The number of ether oxygens (including phenoxy) is 1. The summed E-state index contributed by atoms with van der Waals surface area (Å²) in [5.41, 5.74) is 1.95. The van der Waals surface area contributed by atoms with Gasteiger partial charge in [0.05, 0.1) is 11.7 Å². The third-order valence-corrected chi connectivity index (χ3v) is 3.88. The van der Waals surface area contributed by atoms with E-state index in [2.05, 4.69) is 15.6 Å². The standard InChI is InChI=1S/C18H21N3O2/c22-18(17-5-3-11-20-17)21-12-14-6-8-16(9-7-14)23-13-15-4-1-2-10-19-15/h1-2,4,6-10,17,20H,3,5,11-13H2,(H,21,22). The number of hydrogen-bond acceptors (Lipinski definition) is 4. The van der Waals surface area contributed by atoms with Gasteiger partial charge in [-0.3, -0.25) is 9.78 Å². The molecule has 1 saturated heterocycles. The van der Waals surface area contributed by atoms with Gasteiger partial charge in [-0.15, -0.1) is 0 Å². The van der Waals surface area contributed by atoms with Crippen molar-refractivity contribution in [1.82, 2.24) is 15.6 Å². The van der Waals surface area contributed by atoms with E-state index in [4.69, 9.17) is 4.74 Å². The highest BCUT2D eigenvalue weighted by Crippen LogP contribution is 2.14. The fourth-order valence-electron chi connectivity index (χ4n) is 2.57. The fourth-order valence-corrected chi connectivity index (χ4v) is 2.57. The Bertz CT molecular complexity index is 622. The van der Waals surface area contributed by atoms with Crippen LogP contribution in [0.25, 0.3) is 0 Å². The molecule has 0 saturated carbocycles. The number of rotatable bonds is 6. The lowest BCUT2D eigenvalue weighted by molar-refractivity contribution is -0.122. The first-order chi connectivity index (χ1) is 11.3. The first-order valence-electron chi connectivity index (χ1n) is 7.94. The highest BCUT2D eigenvalue weighted by atomic mass is 16.5. The smallest absolute Gasteiger partial charge is 0.237 e. The number of nitrogens with one attached hydrogen (secondary N) is 2. The summed E-state index contributed by atoms with van der Waals surface area (Å²) in [6.07, 6.45) is 3.75. The Morgan fingerprint density at radius 3 is 2.83 bits per heavy atom. The molecule has 0 bridgehead atoms. The molecule has 1 unspecified atom stereocenters. The SMILES string of the molecule is O=C(NCc1ccc(OCc2ccccn2)cc1)C1CCCN1. The Kier molecular flexibility index (Phi) is 5.21. The van der Waals surface area contributed by atoms with Crippen LogP contribution in [0.3, 0.4) is 0 Å². The minimum Gasteiger partial charge on any atom is -0.487 e. The van der Waals surface area contributed by atoms with Gasteiger partial charge in [0.2, 0.25) is 5.91 Å². The molecule has 1 aliphatic heterocycles. The number of amides is 1. The number of hydrogen-bond donors (Lipinski definition) is 2. The molecule has 0 radical (unpaired) electrons. The molecular weight excluding hydrogens is 290 g/mol. The van der Waals surface area contributed by atoms with Gasteiger partial charge in [0.25, 0.3) is 0 Å². The molecule has 1 aliphatic rings. The highest BCUT2D eigenvalue weighted by molar-refractivity contribution is 5.81. The maximum Gasteiger partial charge on any atom is 0.237 e. The van der Waals surface area contributed by atoms with Crippen LogP contribution in [0.4, 0.5) is 0 Å². The predicted molar refractivity (Wildman–Crippen MR) is 87.9 cm³/mol. The van der Waals surface area contributed by atoms with Gasteiger partial charge in [0, 0.05) is 12.7 Å². The molecule has 23 heavy (non-hydrogen) atoms. The Balaban J connectivity index is 1.46. The van der Waals surface area contributed by atoms with E-state index in [1.807, 2.05) is 42.5 Å². The van der Waals surface area contributed by atoms with Crippen LogP contribution < -0.4 is 15.4 Å². The van der Waals surface area contributed by atoms with E-state index in [0.717, 1.165) is 36.4 Å². The molecule has 0 aliphatic carbocycles. The van der Waals surface area contributed by atoms with E-state index < -0.39 is 0 Å². The van der Waals surface area contributed by atoms with Crippen molar-refractivity contribution in [2.45, 2.75) is 32.0 Å². The second-order valence-corrected chi connectivity index (χ2v) is 5.62. The largest absolute Gasteiger partial charge is 0.487 e. The summed E-state index contributed by atoms with van der Waals surface area (Å²) in [5, 5.41) is 6.16. The second-order valence-electron chi connectivity index (χ2n) is 5.62. The Morgan fingerprint density at radius 1 is 1.26 bits per heavy atom. The minimum absolute atomic E-state index is 0.0315. The van der Waals surface area contributed by atoms with E-state index >= 15 is 0 Å². The molecule has 5 heteroatoms. The van der Waals surface area contributed by atoms with Gasteiger partial charge in [-0.05, 0) is 49.2 Å². The Labute approximate surface area is 136 Å². The summed E-state index contributed by atoms with van der Waals surface area (Å²) in [5.74, 6) is 0.876. The molecule has 2 aromatic rings. The quantitative estimate of drug-likeness (QED) is 0.857. The third kappa shape index (κ3) is 4.53. The van der Waals surface area contributed by atoms with Gasteiger partial charge in [-0.25, -0.2) is 0 Å². The second kappa shape index (κ2) is 7.74. The van der Waals surface area contributed by atoms with Crippen molar-refractivity contribution in [3.05, 3.63) is 59.9 Å². The minimum atomic E-state index is -0.0315. The molecule has 2 N–H and O–H groups in total. The van der Waals surface area contributed by atoms with Gasteiger partial charge in [0.1, 0.15) is 12.4 Å². The first-order valence-corrected chi connectivity index (χ1v) is 7.94. The van der Waals surface area contributed by atoms with Crippen molar-refractivity contribution in [2.75, 3.05) is 6.54 Å². The molecule has 0 spiro atoms. The van der Waals surface area contributed by atoms with Crippen molar-refractivity contribution in [3.63, 3.8) is 0 Å². The maximum absolute atomic E-state index is 11.9. The molecule has 2 heterocycles. The molecular formula is C18H21N3O2. The van der Waals surface area contributed by atoms with Crippen LogP contribution in [0.1, 0.15) is 24.1 Å². The van der Waals surface area contributed by atoms with E-state index in [-0.39, 0.29) is 11.9 Å². The Hall–Kier alpha value is -2.40.